The van der Waals surface area contributed by atoms with E-state index in [4.69, 9.17) is 23.2 Å². The Bertz CT molecular complexity index is 1500. The predicted molar refractivity (Wildman–Crippen MR) is 154 cm³/mol. The summed E-state index contributed by atoms with van der Waals surface area (Å²) in [6, 6.07) is 24.1. The first-order valence-electron chi connectivity index (χ1n) is 12.4. The minimum atomic E-state index is -0.432. The van der Waals surface area contributed by atoms with Crippen LogP contribution in [0, 0.1) is 6.92 Å². The van der Waals surface area contributed by atoms with Crippen molar-refractivity contribution in [3.63, 3.8) is 0 Å². The second-order valence-electron chi connectivity index (χ2n) is 9.62. The quantitative estimate of drug-likeness (QED) is 0.282. The SMILES string of the molecule is Cc1ccc(C2c3cccn3-c3ccccc3N2C(=O)CN(C(=O)Nc2cccc(Cl)c2Cl)C(C)C)cc1. The van der Waals surface area contributed by atoms with E-state index in [1.54, 1.807) is 18.2 Å². The number of carbonyl (C=O) groups excluding carboxylic acids is 2. The third-order valence-corrected chi connectivity index (χ3v) is 7.58. The highest BCUT2D eigenvalue weighted by molar-refractivity contribution is 6.44. The minimum Gasteiger partial charge on any atom is -0.316 e. The standard InChI is InChI=1S/C30H28Cl2N4O2/c1-19(2)35(30(38)33-23-9-6-8-22(31)28(23)32)18-27(37)36-25-11-5-4-10-24(25)34-17-7-12-26(34)29(36)21-15-13-20(3)14-16-21/h4-17,19,29H,18H2,1-3H3,(H,33,38). The Morgan fingerprint density at radius 3 is 2.34 bits per heavy atom. The van der Waals surface area contributed by atoms with Crippen molar-refractivity contribution >= 4 is 46.5 Å². The molecule has 1 aliphatic heterocycles. The van der Waals surface area contributed by atoms with Gasteiger partial charge in [-0.2, -0.15) is 0 Å². The molecule has 0 fully saturated rings. The molecule has 2 heterocycles. The zero-order valence-electron chi connectivity index (χ0n) is 21.4. The lowest BCUT2D eigenvalue weighted by molar-refractivity contribution is -0.119. The molecule has 194 valence electrons. The Kier molecular flexibility index (Phi) is 7.19. The van der Waals surface area contributed by atoms with E-state index in [-0.39, 0.29) is 29.6 Å². The van der Waals surface area contributed by atoms with Gasteiger partial charge >= 0.3 is 6.03 Å². The highest BCUT2D eigenvalue weighted by Crippen LogP contribution is 2.42. The van der Waals surface area contributed by atoms with Gasteiger partial charge in [-0.25, -0.2) is 4.79 Å². The van der Waals surface area contributed by atoms with Gasteiger partial charge in [0.15, 0.2) is 0 Å². The van der Waals surface area contributed by atoms with Gasteiger partial charge < -0.3 is 14.8 Å². The van der Waals surface area contributed by atoms with Crippen LogP contribution in [-0.4, -0.2) is 34.0 Å². The van der Waals surface area contributed by atoms with Crippen LogP contribution in [0.15, 0.2) is 85.1 Å². The highest BCUT2D eigenvalue weighted by Gasteiger charge is 2.37. The number of urea groups is 1. The lowest BCUT2D eigenvalue weighted by Crippen LogP contribution is -2.49. The number of para-hydroxylation sites is 2. The molecule has 0 bridgehead atoms. The van der Waals surface area contributed by atoms with Crippen LogP contribution in [0.5, 0.6) is 0 Å². The molecular weight excluding hydrogens is 519 g/mol. The van der Waals surface area contributed by atoms with Crippen LogP contribution in [-0.2, 0) is 4.79 Å². The van der Waals surface area contributed by atoms with Crippen LogP contribution in [0.2, 0.25) is 10.0 Å². The van der Waals surface area contributed by atoms with E-state index >= 15 is 0 Å². The Morgan fingerprint density at radius 1 is 0.921 bits per heavy atom. The molecule has 3 aromatic carbocycles. The van der Waals surface area contributed by atoms with Gasteiger partial charge in [0.25, 0.3) is 0 Å². The van der Waals surface area contributed by atoms with Crippen LogP contribution in [0.25, 0.3) is 5.69 Å². The number of fused-ring (bicyclic) bond motifs is 3. The number of aromatic nitrogens is 1. The van der Waals surface area contributed by atoms with Crippen LogP contribution >= 0.6 is 23.2 Å². The molecule has 0 spiro atoms. The number of hydrogen-bond donors (Lipinski definition) is 1. The molecule has 0 saturated carbocycles. The first-order valence-corrected chi connectivity index (χ1v) is 13.2. The molecule has 1 aliphatic rings. The van der Waals surface area contributed by atoms with E-state index in [0.29, 0.717) is 10.7 Å². The number of rotatable bonds is 5. The summed E-state index contributed by atoms with van der Waals surface area (Å²) in [4.78, 5) is 30.9. The zero-order valence-corrected chi connectivity index (χ0v) is 22.9. The van der Waals surface area contributed by atoms with Gasteiger partial charge in [0, 0.05) is 12.2 Å². The second kappa shape index (κ2) is 10.6. The van der Waals surface area contributed by atoms with E-state index < -0.39 is 6.03 Å². The van der Waals surface area contributed by atoms with Crippen molar-refractivity contribution in [3.8, 4) is 5.69 Å². The first-order chi connectivity index (χ1) is 18.3. The minimum absolute atomic E-state index is 0.126. The number of carbonyl (C=O) groups is 2. The lowest BCUT2D eigenvalue weighted by atomic mass is 9.97. The van der Waals surface area contributed by atoms with Crippen molar-refractivity contribution in [1.82, 2.24) is 9.47 Å². The monoisotopic (exact) mass is 546 g/mol. The average molecular weight is 547 g/mol. The van der Waals surface area contributed by atoms with Gasteiger partial charge in [-0.1, -0.05) is 71.2 Å². The Hall–Kier alpha value is -3.74. The lowest BCUT2D eigenvalue weighted by Gasteiger charge is -2.40. The van der Waals surface area contributed by atoms with Crippen molar-refractivity contribution in [1.29, 1.82) is 0 Å². The van der Waals surface area contributed by atoms with Gasteiger partial charge in [-0.15, -0.1) is 0 Å². The number of nitrogens with zero attached hydrogens (tertiary/aromatic N) is 3. The summed E-state index contributed by atoms with van der Waals surface area (Å²) in [6.07, 6.45) is 2.01. The van der Waals surface area contributed by atoms with Crippen LogP contribution in [0.3, 0.4) is 0 Å². The highest BCUT2D eigenvalue weighted by atomic mass is 35.5. The predicted octanol–water partition coefficient (Wildman–Crippen LogP) is 7.47. The topological polar surface area (TPSA) is 57.6 Å². The summed E-state index contributed by atoms with van der Waals surface area (Å²) in [6.45, 7) is 5.66. The molecule has 3 amide bonds. The van der Waals surface area contributed by atoms with Crippen molar-refractivity contribution in [2.75, 3.05) is 16.8 Å². The van der Waals surface area contributed by atoms with Crippen LogP contribution in [0.1, 0.15) is 36.7 Å². The van der Waals surface area contributed by atoms with Gasteiger partial charge in [-0.3, -0.25) is 9.69 Å². The van der Waals surface area contributed by atoms with Gasteiger partial charge in [-0.05, 0) is 62.7 Å². The Balaban J connectivity index is 1.52. The molecule has 1 aromatic heterocycles. The van der Waals surface area contributed by atoms with Gasteiger partial charge in [0.05, 0.1) is 32.8 Å². The summed E-state index contributed by atoms with van der Waals surface area (Å²) in [5.41, 5.74) is 5.20. The van der Waals surface area contributed by atoms with Crippen molar-refractivity contribution < 1.29 is 9.59 Å². The number of benzene rings is 3. The number of hydrogen-bond acceptors (Lipinski definition) is 2. The summed E-state index contributed by atoms with van der Waals surface area (Å²) in [7, 11) is 0. The molecule has 1 unspecified atom stereocenters. The molecular formula is C30H28Cl2N4O2. The fraction of sp³-hybridized carbons (Fsp3) is 0.200. The molecule has 1 N–H and O–H groups in total. The smallest absolute Gasteiger partial charge is 0.316 e. The molecule has 0 aliphatic carbocycles. The number of amides is 3. The molecule has 8 heteroatoms. The average Bonchev–Trinajstić information content (AvgIpc) is 3.39. The first kappa shape index (κ1) is 25.9. The normalized spacial score (nSPS) is 14.2. The number of halogens is 2. The summed E-state index contributed by atoms with van der Waals surface area (Å²) < 4.78 is 2.12. The number of anilines is 2. The molecule has 5 rings (SSSR count). The Labute approximate surface area is 232 Å². The number of nitrogens with one attached hydrogen (secondary N) is 1. The van der Waals surface area contributed by atoms with Crippen molar-refractivity contribution in [2.24, 2.45) is 0 Å². The molecule has 4 aromatic rings. The molecule has 1 atom stereocenters. The van der Waals surface area contributed by atoms with E-state index in [9.17, 15) is 9.59 Å². The van der Waals surface area contributed by atoms with Gasteiger partial charge in [0.2, 0.25) is 5.91 Å². The largest absolute Gasteiger partial charge is 0.322 e. The fourth-order valence-corrected chi connectivity index (χ4v) is 5.17. The second-order valence-corrected chi connectivity index (χ2v) is 10.4. The van der Waals surface area contributed by atoms with Gasteiger partial charge in [0.1, 0.15) is 12.6 Å². The number of aryl methyl sites for hydroxylation is 1. The molecule has 38 heavy (non-hydrogen) atoms. The Morgan fingerprint density at radius 2 is 1.63 bits per heavy atom. The van der Waals surface area contributed by atoms with E-state index in [1.165, 1.54) is 4.90 Å². The third-order valence-electron chi connectivity index (χ3n) is 6.76. The maximum Gasteiger partial charge on any atom is 0.322 e. The maximum atomic E-state index is 14.2. The van der Waals surface area contributed by atoms with Crippen LogP contribution in [0.4, 0.5) is 16.2 Å². The third kappa shape index (κ3) is 4.77. The maximum absolute atomic E-state index is 14.2. The molecule has 0 radical (unpaired) electrons. The van der Waals surface area contributed by atoms with E-state index in [1.807, 2.05) is 80.4 Å². The molecule has 6 nitrogen and oxygen atoms in total. The summed E-state index contributed by atoms with van der Waals surface area (Å²) >= 11 is 12.4. The zero-order chi connectivity index (χ0) is 27.0. The van der Waals surface area contributed by atoms with E-state index in [2.05, 4.69) is 22.0 Å². The molecule has 0 saturated heterocycles. The summed E-state index contributed by atoms with van der Waals surface area (Å²) in [5.74, 6) is -0.198. The summed E-state index contributed by atoms with van der Waals surface area (Å²) in [5, 5.41) is 3.41. The van der Waals surface area contributed by atoms with Crippen molar-refractivity contribution in [3.05, 3.63) is 112 Å². The fourth-order valence-electron chi connectivity index (χ4n) is 4.82. The van der Waals surface area contributed by atoms with E-state index in [0.717, 1.165) is 28.2 Å². The van der Waals surface area contributed by atoms with Crippen LogP contribution < -0.4 is 10.2 Å². The van der Waals surface area contributed by atoms with Crippen molar-refractivity contribution in [2.45, 2.75) is 32.9 Å².